The van der Waals surface area contributed by atoms with Crippen molar-refractivity contribution in [2.24, 2.45) is 11.8 Å². The zero-order chi connectivity index (χ0) is 27.8. The van der Waals surface area contributed by atoms with Crippen molar-refractivity contribution < 1.29 is 38.0 Å². The van der Waals surface area contributed by atoms with E-state index in [0.29, 0.717) is 38.7 Å². The Bertz CT molecular complexity index is 762. The molecule has 5 unspecified atom stereocenters. The molecule has 8 heteroatoms. The maximum atomic E-state index is 14.3. The van der Waals surface area contributed by atoms with Crippen molar-refractivity contribution >= 4 is 5.97 Å². The summed E-state index contributed by atoms with van der Waals surface area (Å²) in [4.78, 5) is 12.0. The second-order valence-electron chi connectivity index (χ2n) is 10.5. The Hall–Kier alpha value is -1.61. The lowest BCUT2D eigenvalue weighted by atomic mass is 9.84. The number of aliphatic hydroxyl groups excluding tert-OH is 2. The number of hydrogen-bond acceptors (Lipinski definition) is 6. The molecule has 0 heterocycles. The largest absolute Gasteiger partial charge is 0.461 e. The highest BCUT2D eigenvalue weighted by atomic mass is 19.3. The average molecular weight is 543 g/mol. The van der Waals surface area contributed by atoms with Crippen LogP contribution in [-0.4, -0.2) is 53.8 Å². The number of benzene rings is 1. The molecule has 0 aromatic heterocycles. The fourth-order valence-corrected chi connectivity index (χ4v) is 5.32. The fourth-order valence-electron chi connectivity index (χ4n) is 5.32. The third-order valence-electron chi connectivity index (χ3n) is 7.60. The first-order valence-corrected chi connectivity index (χ1v) is 14.4. The van der Waals surface area contributed by atoms with Crippen molar-refractivity contribution in [1.29, 1.82) is 0 Å². The summed E-state index contributed by atoms with van der Waals surface area (Å²) in [6, 6.07) is 9.58. The summed E-state index contributed by atoms with van der Waals surface area (Å²) < 4.78 is 45.1. The second kappa shape index (κ2) is 17.9. The number of aliphatic hydroxyl groups is 2. The topological polar surface area (TPSA) is 85.2 Å². The Morgan fingerprint density at radius 3 is 2.50 bits per heavy atom. The van der Waals surface area contributed by atoms with Crippen LogP contribution in [0.5, 0.6) is 0 Å². The molecule has 6 nitrogen and oxygen atoms in total. The molecule has 0 amide bonds. The Balaban J connectivity index is 1.76. The summed E-state index contributed by atoms with van der Waals surface area (Å²) in [5.74, 6) is -3.50. The molecule has 0 aliphatic heterocycles. The summed E-state index contributed by atoms with van der Waals surface area (Å²) >= 11 is 0. The lowest BCUT2D eigenvalue weighted by Crippen LogP contribution is -2.35. The van der Waals surface area contributed by atoms with Gasteiger partial charge in [-0.15, -0.1) is 0 Å². The van der Waals surface area contributed by atoms with Crippen molar-refractivity contribution in [3.05, 3.63) is 35.9 Å². The van der Waals surface area contributed by atoms with Crippen LogP contribution in [0, 0.1) is 11.8 Å². The Labute approximate surface area is 227 Å². The number of alkyl halides is 2. The summed E-state index contributed by atoms with van der Waals surface area (Å²) in [5, 5.41) is 21.0. The number of halogens is 2. The van der Waals surface area contributed by atoms with E-state index in [1.165, 1.54) is 0 Å². The maximum Gasteiger partial charge on any atom is 0.306 e. The zero-order valence-electron chi connectivity index (χ0n) is 23.2. The molecule has 2 N–H and O–H groups in total. The van der Waals surface area contributed by atoms with Crippen molar-refractivity contribution in [1.82, 2.24) is 0 Å². The van der Waals surface area contributed by atoms with E-state index in [9.17, 15) is 23.8 Å². The lowest BCUT2D eigenvalue weighted by Gasteiger charge is -2.28. The van der Waals surface area contributed by atoms with Gasteiger partial charge in [-0.25, -0.2) is 8.78 Å². The minimum absolute atomic E-state index is 0.0236. The molecule has 0 radical (unpaired) electrons. The van der Waals surface area contributed by atoms with Crippen LogP contribution in [-0.2, 0) is 25.6 Å². The van der Waals surface area contributed by atoms with Crippen LogP contribution in [0.25, 0.3) is 0 Å². The molecule has 5 atom stereocenters. The molecule has 0 spiro atoms. The first-order valence-electron chi connectivity index (χ1n) is 14.4. The molecule has 218 valence electrons. The lowest BCUT2D eigenvalue weighted by molar-refractivity contribution is -0.145. The SMILES string of the molecule is CCCCC(F)(F)C(O)CCC1C(OCOCC)CC(O)C1CCCCCCC(=O)OCc1ccccc1. The highest BCUT2D eigenvalue weighted by molar-refractivity contribution is 5.69. The van der Waals surface area contributed by atoms with E-state index in [1.807, 2.05) is 44.2 Å². The second-order valence-corrected chi connectivity index (χ2v) is 10.5. The van der Waals surface area contributed by atoms with Crippen LogP contribution < -0.4 is 0 Å². The van der Waals surface area contributed by atoms with Gasteiger partial charge in [-0.05, 0) is 56.4 Å². The summed E-state index contributed by atoms with van der Waals surface area (Å²) in [5.41, 5.74) is 0.964. The molecule has 0 bridgehead atoms. The number of esters is 1. The van der Waals surface area contributed by atoms with Crippen LogP contribution in [0.4, 0.5) is 8.78 Å². The van der Waals surface area contributed by atoms with Gasteiger partial charge in [0.15, 0.2) is 0 Å². The predicted molar refractivity (Wildman–Crippen MR) is 143 cm³/mol. The first kappa shape index (κ1) is 32.6. The van der Waals surface area contributed by atoms with Gasteiger partial charge in [-0.3, -0.25) is 4.79 Å². The number of unbranched alkanes of at least 4 members (excludes halogenated alkanes) is 4. The van der Waals surface area contributed by atoms with Gasteiger partial charge >= 0.3 is 5.97 Å². The van der Waals surface area contributed by atoms with Crippen molar-refractivity contribution in [2.45, 2.75) is 122 Å². The molecule has 1 aliphatic carbocycles. The van der Waals surface area contributed by atoms with E-state index in [0.717, 1.165) is 37.7 Å². The molecule has 38 heavy (non-hydrogen) atoms. The van der Waals surface area contributed by atoms with Crippen LogP contribution in [0.2, 0.25) is 0 Å². The van der Waals surface area contributed by atoms with E-state index < -0.39 is 18.1 Å². The Kier molecular flexibility index (Phi) is 15.3. The van der Waals surface area contributed by atoms with E-state index in [1.54, 1.807) is 0 Å². The molecule has 2 rings (SSSR count). The van der Waals surface area contributed by atoms with Crippen molar-refractivity contribution in [3.8, 4) is 0 Å². The molecule has 1 aromatic rings. The molecule has 0 saturated heterocycles. The molecular formula is C30H48F2O6. The normalized spacial score (nSPS) is 22.5. The van der Waals surface area contributed by atoms with Gasteiger partial charge in [-0.2, -0.15) is 0 Å². The third kappa shape index (κ3) is 11.6. The minimum atomic E-state index is -3.10. The van der Waals surface area contributed by atoms with Gasteiger partial charge in [0.2, 0.25) is 0 Å². The molecule has 1 aliphatic rings. The van der Waals surface area contributed by atoms with E-state index in [-0.39, 0.29) is 50.2 Å². The highest BCUT2D eigenvalue weighted by Crippen LogP contribution is 2.42. The van der Waals surface area contributed by atoms with Crippen LogP contribution in [0.15, 0.2) is 30.3 Å². The minimum Gasteiger partial charge on any atom is -0.461 e. The quantitative estimate of drug-likeness (QED) is 0.112. The Morgan fingerprint density at radius 1 is 1.05 bits per heavy atom. The summed E-state index contributed by atoms with van der Waals surface area (Å²) in [6.07, 6.45) is 3.47. The predicted octanol–water partition coefficient (Wildman–Crippen LogP) is 6.41. The molecule has 1 saturated carbocycles. The number of carbonyl (C=O) groups is 1. The zero-order valence-corrected chi connectivity index (χ0v) is 23.2. The van der Waals surface area contributed by atoms with E-state index in [4.69, 9.17) is 14.2 Å². The van der Waals surface area contributed by atoms with Crippen LogP contribution in [0.3, 0.4) is 0 Å². The number of ether oxygens (including phenoxy) is 3. The van der Waals surface area contributed by atoms with Gasteiger partial charge in [0.1, 0.15) is 19.5 Å². The van der Waals surface area contributed by atoms with Crippen molar-refractivity contribution in [2.75, 3.05) is 13.4 Å². The van der Waals surface area contributed by atoms with Crippen molar-refractivity contribution in [3.63, 3.8) is 0 Å². The van der Waals surface area contributed by atoms with E-state index in [2.05, 4.69) is 0 Å². The van der Waals surface area contributed by atoms with E-state index >= 15 is 0 Å². The highest BCUT2D eigenvalue weighted by Gasteiger charge is 2.44. The standard InChI is InChI=1S/C30H48F2O6/c1-3-5-19-30(31,32)28(34)18-17-25-24(26(33)20-27(25)38-22-36-4-2)15-11-6-7-12-16-29(35)37-21-23-13-9-8-10-14-23/h8-10,13-14,24-28,33-34H,3-7,11-12,15-22H2,1-2H3. The molecular weight excluding hydrogens is 494 g/mol. The van der Waals surface area contributed by atoms with Crippen LogP contribution >= 0.6 is 0 Å². The van der Waals surface area contributed by atoms with Gasteiger partial charge in [0.25, 0.3) is 5.92 Å². The van der Waals surface area contributed by atoms with Gasteiger partial charge < -0.3 is 24.4 Å². The summed E-state index contributed by atoms with van der Waals surface area (Å²) in [7, 11) is 0. The van der Waals surface area contributed by atoms with Gasteiger partial charge in [0, 0.05) is 25.9 Å². The van der Waals surface area contributed by atoms with Gasteiger partial charge in [0.05, 0.1) is 12.2 Å². The molecule has 1 fully saturated rings. The third-order valence-corrected chi connectivity index (χ3v) is 7.60. The smallest absolute Gasteiger partial charge is 0.306 e. The Morgan fingerprint density at radius 2 is 1.79 bits per heavy atom. The average Bonchev–Trinajstić information content (AvgIpc) is 3.21. The van der Waals surface area contributed by atoms with Gasteiger partial charge in [-0.1, -0.05) is 62.9 Å². The van der Waals surface area contributed by atoms with Crippen LogP contribution in [0.1, 0.15) is 96.5 Å². The molecule has 1 aromatic carbocycles. The fraction of sp³-hybridized carbons (Fsp3) is 0.767. The summed E-state index contributed by atoms with van der Waals surface area (Å²) in [6.45, 7) is 4.61. The monoisotopic (exact) mass is 542 g/mol. The number of hydrogen-bond donors (Lipinski definition) is 2. The maximum absolute atomic E-state index is 14.3. The first-order chi connectivity index (χ1) is 18.3. The number of rotatable bonds is 20. The number of carbonyl (C=O) groups excluding carboxylic acids is 1.